The molecule has 2 rings (SSSR count). The Morgan fingerprint density at radius 3 is 2.12 bits per heavy atom. The van der Waals surface area contributed by atoms with E-state index in [9.17, 15) is 9.59 Å². The van der Waals surface area contributed by atoms with Crippen LogP contribution in [0.25, 0.3) is 0 Å². The number of aliphatic hydroxyl groups excluding tert-OH is 1. The first-order valence-electron chi connectivity index (χ1n) is 7.69. The van der Waals surface area contributed by atoms with Gasteiger partial charge in [0.15, 0.2) is 11.6 Å². The van der Waals surface area contributed by atoms with Crippen molar-refractivity contribution in [3.05, 3.63) is 71.3 Å². The number of ketones is 2. The second-order valence-corrected chi connectivity index (χ2v) is 5.39. The van der Waals surface area contributed by atoms with Gasteiger partial charge in [0.2, 0.25) is 0 Å². The lowest BCUT2D eigenvalue weighted by Crippen LogP contribution is -2.33. The fourth-order valence-corrected chi connectivity index (χ4v) is 2.11. The van der Waals surface area contributed by atoms with E-state index in [2.05, 4.69) is 11.8 Å². The lowest BCUT2D eigenvalue weighted by Gasteiger charge is -2.08. The van der Waals surface area contributed by atoms with Crippen LogP contribution in [-0.2, 0) is 4.79 Å². The van der Waals surface area contributed by atoms with Crippen LogP contribution in [0, 0.1) is 11.8 Å². The summed E-state index contributed by atoms with van der Waals surface area (Å²) in [6.45, 7) is -0.593. The maximum absolute atomic E-state index is 12.1. The van der Waals surface area contributed by atoms with Gasteiger partial charge in [-0.3, -0.25) is 9.59 Å². The molecule has 2 aromatic carbocycles. The Kier molecular flexibility index (Phi) is 6.44. The Bertz CT molecular complexity index is 755. The Morgan fingerprint density at radius 1 is 0.958 bits per heavy atom. The van der Waals surface area contributed by atoms with Gasteiger partial charge >= 0.3 is 0 Å². The maximum Gasteiger partial charge on any atom is 0.174 e. The molecule has 0 aromatic heterocycles. The largest absolute Gasteiger partial charge is 0.389 e. The third-order valence-corrected chi connectivity index (χ3v) is 3.58. The van der Waals surface area contributed by atoms with E-state index in [-0.39, 0.29) is 18.6 Å². The third-order valence-electron chi connectivity index (χ3n) is 3.58. The van der Waals surface area contributed by atoms with Gasteiger partial charge in [0.05, 0.1) is 6.04 Å². The van der Waals surface area contributed by atoms with Gasteiger partial charge in [0.25, 0.3) is 0 Å². The van der Waals surface area contributed by atoms with Gasteiger partial charge < -0.3 is 10.8 Å². The van der Waals surface area contributed by atoms with E-state index >= 15 is 0 Å². The molecule has 0 aliphatic heterocycles. The molecule has 0 aliphatic carbocycles. The van der Waals surface area contributed by atoms with E-state index in [1.54, 1.807) is 24.3 Å². The highest BCUT2D eigenvalue weighted by Gasteiger charge is 2.14. The summed E-state index contributed by atoms with van der Waals surface area (Å²) in [5, 5.41) is 8.72. The van der Waals surface area contributed by atoms with Gasteiger partial charge in [0, 0.05) is 23.1 Å². The molecule has 0 radical (unpaired) electrons. The van der Waals surface area contributed by atoms with E-state index in [0.29, 0.717) is 5.56 Å². The van der Waals surface area contributed by atoms with Gasteiger partial charge in [-0.15, -0.1) is 0 Å². The molecule has 122 valence electrons. The normalized spacial score (nSPS) is 11.2. The Morgan fingerprint density at radius 2 is 1.54 bits per heavy atom. The van der Waals surface area contributed by atoms with Crippen molar-refractivity contribution in [2.45, 2.75) is 18.9 Å². The molecule has 0 unspecified atom stereocenters. The molecule has 0 amide bonds. The fraction of sp³-hybridized carbons (Fsp3) is 0.200. The highest BCUT2D eigenvalue weighted by atomic mass is 16.3. The second kappa shape index (κ2) is 8.78. The van der Waals surface area contributed by atoms with Crippen LogP contribution in [0.5, 0.6) is 0 Å². The molecule has 0 heterocycles. The number of carbonyl (C=O) groups is 2. The number of hydrogen-bond donors (Lipinski definition) is 2. The van der Waals surface area contributed by atoms with E-state index in [1.807, 2.05) is 30.3 Å². The molecule has 0 bridgehead atoms. The van der Waals surface area contributed by atoms with Crippen molar-refractivity contribution in [1.29, 1.82) is 0 Å². The molecular formula is C20H19NO3. The average Bonchev–Trinajstić information content (AvgIpc) is 2.64. The summed E-state index contributed by atoms with van der Waals surface area (Å²) in [6.07, 6.45) is 0.399. The molecule has 1 atom stereocenters. The summed E-state index contributed by atoms with van der Waals surface area (Å²) >= 11 is 0. The van der Waals surface area contributed by atoms with Crippen molar-refractivity contribution < 1.29 is 14.7 Å². The Balaban J connectivity index is 1.95. The number of benzene rings is 2. The number of hydrogen-bond acceptors (Lipinski definition) is 4. The van der Waals surface area contributed by atoms with Crippen molar-refractivity contribution >= 4 is 11.6 Å². The predicted molar refractivity (Wildman–Crippen MR) is 92.5 cm³/mol. The fourth-order valence-electron chi connectivity index (χ4n) is 2.11. The number of carbonyl (C=O) groups excluding carboxylic acids is 2. The summed E-state index contributed by atoms with van der Waals surface area (Å²) in [5.74, 6) is 5.57. The third kappa shape index (κ3) is 5.17. The zero-order valence-corrected chi connectivity index (χ0v) is 13.2. The lowest BCUT2D eigenvalue weighted by molar-refractivity contribution is -0.123. The van der Waals surface area contributed by atoms with Gasteiger partial charge in [0.1, 0.15) is 6.61 Å². The smallest absolute Gasteiger partial charge is 0.174 e. The van der Waals surface area contributed by atoms with E-state index < -0.39 is 18.4 Å². The van der Waals surface area contributed by atoms with Crippen molar-refractivity contribution in [2.24, 2.45) is 5.73 Å². The van der Waals surface area contributed by atoms with Crippen LogP contribution in [-0.4, -0.2) is 29.3 Å². The SMILES string of the molecule is N[C@H](CCC(=O)c1ccc(C#Cc2ccccc2)cc1)C(=O)CO. The van der Waals surface area contributed by atoms with E-state index in [4.69, 9.17) is 10.8 Å². The number of Topliss-reactive ketones (excluding diaryl/α,β-unsaturated/α-hetero) is 2. The number of aliphatic hydroxyl groups is 1. The maximum atomic E-state index is 12.1. The lowest BCUT2D eigenvalue weighted by atomic mass is 10.0. The van der Waals surface area contributed by atoms with Crippen molar-refractivity contribution in [3.63, 3.8) is 0 Å². The zero-order chi connectivity index (χ0) is 17.4. The molecule has 0 saturated heterocycles. The Hall–Kier alpha value is -2.74. The second-order valence-electron chi connectivity index (χ2n) is 5.39. The molecule has 0 saturated carbocycles. The van der Waals surface area contributed by atoms with Crippen LogP contribution in [0.3, 0.4) is 0 Å². The first kappa shape index (κ1) is 17.6. The predicted octanol–water partition coefficient (Wildman–Crippen LogP) is 1.94. The van der Waals surface area contributed by atoms with Gasteiger partial charge in [-0.1, -0.05) is 42.2 Å². The molecule has 2 aromatic rings. The van der Waals surface area contributed by atoms with Crippen molar-refractivity contribution in [3.8, 4) is 11.8 Å². The van der Waals surface area contributed by atoms with E-state index in [0.717, 1.165) is 11.1 Å². The first-order chi connectivity index (χ1) is 11.6. The molecule has 4 heteroatoms. The van der Waals surface area contributed by atoms with Crippen LogP contribution in [0.2, 0.25) is 0 Å². The number of nitrogens with two attached hydrogens (primary N) is 1. The average molecular weight is 321 g/mol. The monoisotopic (exact) mass is 321 g/mol. The first-order valence-corrected chi connectivity index (χ1v) is 7.69. The van der Waals surface area contributed by atoms with Crippen molar-refractivity contribution in [1.82, 2.24) is 0 Å². The van der Waals surface area contributed by atoms with Crippen LogP contribution >= 0.6 is 0 Å². The highest BCUT2D eigenvalue weighted by molar-refractivity contribution is 5.96. The van der Waals surface area contributed by atoms with Gasteiger partial charge in [-0.2, -0.15) is 0 Å². The summed E-state index contributed by atoms with van der Waals surface area (Å²) in [5.41, 5.74) is 7.90. The molecular weight excluding hydrogens is 302 g/mol. The minimum Gasteiger partial charge on any atom is -0.389 e. The minimum atomic E-state index is -0.796. The quantitative estimate of drug-likeness (QED) is 0.629. The highest BCUT2D eigenvalue weighted by Crippen LogP contribution is 2.09. The van der Waals surface area contributed by atoms with Crippen molar-refractivity contribution in [2.75, 3.05) is 6.61 Å². The molecule has 4 nitrogen and oxygen atoms in total. The molecule has 3 N–H and O–H groups in total. The zero-order valence-electron chi connectivity index (χ0n) is 13.2. The molecule has 0 aliphatic rings. The van der Waals surface area contributed by atoms with Gasteiger partial charge in [-0.05, 0) is 30.7 Å². The standard InChI is InChI=1S/C20H19NO3/c21-18(20(24)14-22)12-13-19(23)17-10-8-16(9-11-17)7-6-15-4-2-1-3-5-15/h1-5,8-11,18,22H,12-14,21H2/t18-/m1/s1. The van der Waals surface area contributed by atoms with Crippen LogP contribution < -0.4 is 5.73 Å². The van der Waals surface area contributed by atoms with E-state index in [1.165, 1.54) is 0 Å². The van der Waals surface area contributed by atoms with Crippen LogP contribution in [0.1, 0.15) is 34.3 Å². The summed E-state index contributed by atoms with van der Waals surface area (Å²) < 4.78 is 0. The molecule has 24 heavy (non-hydrogen) atoms. The molecule has 0 spiro atoms. The topological polar surface area (TPSA) is 80.4 Å². The number of rotatable bonds is 6. The molecule has 0 fully saturated rings. The van der Waals surface area contributed by atoms with Gasteiger partial charge in [-0.25, -0.2) is 0 Å². The summed E-state index contributed by atoms with van der Waals surface area (Å²) in [4.78, 5) is 23.3. The minimum absolute atomic E-state index is 0.0845. The summed E-state index contributed by atoms with van der Waals surface area (Å²) in [6, 6.07) is 15.9. The van der Waals surface area contributed by atoms with Crippen LogP contribution in [0.4, 0.5) is 0 Å². The Labute approximate surface area is 141 Å². The van der Waals surface area contributed by atoms with Crippen LogP contribution in [0.15, 0.2) is 54.6 Å². The summed E-state index contributed by atoms with van der Waals surface area (Å²) in [7, 11) is 0.